The van der Waals surface area contributed by atoms with Crippen molar-refractivity contribution in [1.29, 1.82) is 0 Å². The van der Waals surface area contributed by atoms with E-state index >= 15 is 0 Å². The number of pyridine rings is 2. The summed E-state index contributed by atoms with van der Waals surface area (Å²) in [4.78, 5) is 20.8. The van der Waals surface area contributed by atoms with Gasteiger partial charge in [-0.1, -0.05) is 30.4 Å². The predicted octanol–water partition coefficient (Wildman–Crippen LogP) is 3.58. The van der Waals surface area contributed by atoms with Crippen molar-refractivity contribution >= 4 is 33.8 Å². The van der Waals surface area contributed by atoms with Crippen molar-refractivity contribution < 1.29 is 0 Å². The van der Waals surface area contributed by atoms with Crippen molar-refractivity contribution in [3.05, 3.63) is 63.7 Å². The molecular formula is C20H13N3O. The Hall–Kier alpha value is -3.14. The van der Waals surface area contributed by atoms with Crippen LogP contribution in [-0.2, 0) is 13.0 Å². The van der Waals surface area contributed by atoms with Crippen molar-refractivity contribution in [3.63, 3.8) is 0 Å². The highest BCUT2D eigenvalue weighted by Crippen LogP contribution is 2.41. The van der Waals surface area contributed by atoms with Crippen molar-refractivity contribution in [1.82, 2.24) is 14.5 Å². The first-order valence-corrected chi connectivity index (χ1v) is 8.15. The van der Waals surface area contributed by atoms with Gasteiger partial charge in [0.25, 0.3) is 5.56 Å². The summed E-state index contributed by atoms with van der Waals surface area (Å²) in [5, 5.41) is 3.01. The fourth-order valence-corrected chi connectivity index (χ4v) is 4.28. The standard InChI is InChI=1S/C20H13N3O/c24-20-15-10-21-9-11-5-6-14(17(11)15)19-18-13(7-8-23(19)20)12-3-1-2-4-16(12)22-18/h1-6,9-10,22H,7-8H2. The average Bonchev–Trinajstić information content (AvgIpc) is 3.21. The number of aromatic nitrogens is 3. The van der Waals surface area contributed by atoms with Gasteiger partial charge in [-0.15, -0.1) is 0 Å². The molecule has 0 bridgehead atoms. The third kappa shape index (κ3) is 1.31. The molecule has 1 aromatic carbocycles. The maximum absolute atomic E-state index is 13.0. The van der Waals surface area contributed by atoms with Crippen LogP contribution in [0, 0.1) is 0 Å². The van der Waals surface area contributed by atoms with Gasteiger partial charge in [-0.05, 0) is 18.1 Å². The van der Waals surface area contributed by atoms with Crippen molar-refractivity contribution in [2.75, 3.05) is 0 Å². The molecule has 0 saturated heterocycles. The lowest BCUT2D eigenvalue weighted by molar-refractivity contribution is 0.664. The third-order valence-corrected chi connectivity index (χ3v) is 5.31. The molecule has 0 saturated carbocycles. The Kier molecular flexibility index (Phi) is 2.07. The molecule has 4 heteroatoms. The molecule has 1 aliphatic carbocycles. The van der Waals surface area contributed by atoms with E-state index in [1.165, 1.54) is 10.9 Å². The van der Waals surface area contributed by atoms with Crippen LogP contribution in [0.1, 0.15) is 16.7 Å². The van der Waals surface area contributed by atoms with Gasteiger partial charge in [-0.25, -0.2) is 0 Å². The zero-order valence-electron chi connectivity index (χ0n) is 12.8. The van der Waals surface area contributed by atoms with Crippen LogP contribution in [0.3, 0.4) is 0 Å². The van der Waals surface area contributed by atoms with Crippen LogP contribution in [0.25, 0.3) is 45.2 Å². The average molecular weight is 311 g/mol. The summed E-state index contributed by atoms with van der Waals surface area (Å²) < 4.78 is 1.91. The van der Waals surface area contributed by atoms with Gasteiger partial charge in [0.05, 0.1) is 16.8 Å². The first-order valence-electron chi connectivity index (χ1n) is 8.15. The van der Waals surface area contributed by atoms with Crippen LogP contribution in [0.4, 0.5) is 0 Å². The van der Waals surface area contributed by atoms with Crippen LogP contribution in [0.5, 0.6) is 0 Å². The number of rotatable bonds is 0. The van der Waals surface area contributed by atoms with Crippen LogP contribution >= 0.6 is 0 Å². The van der Waals surface area contributed by atoms with Gasteiger partial charge in [0.15, 0.2) is 0 Å². The molecule has 0 atom stereocenters. The Bertz CT molecular complexity index is 1270. The second-order valence-corrected chi connectivity index (χ2v) is 6.48. The number of nitrogens with one attached hydrogen (secondary N) is 1. The van der Waals surface area contributed by atoms with E-state index in [4.69, 9.17) is 0 Å². The van der Waals surface area contributed by atoms with E-state index in [2.05, 4.69) is 40.3 Å². The number of hydrogen-bond donors (Lipinski definition) is 1. The molecule has 24 heavy (non-hydrogen) atoms. The maximum Gasteiger partial charge on any atom is 0.260 e. The lowest BCUT2D eigenvalue weighted by Crippen LogP contribution is -2.27. The molecule has 3 aromatic heterocycles. The maximum atomic E-state index is 13.0. The van der Waals surface area contributed by atoms with Gasteiger partial charge in [-0.3, -0.25) is 9.78 Å². The lowest BCUT2D eigenvalue weighted by Gasteiger charge is -2.22. The minimum Gasteiger partial charge on any atom is -0.353 e. The summed E-state index contributed by atoms with van der Waals surface area (Å²) in [5.74, 6) is 0. The fraction of sp³-hybridized carbons (Fsp3) is 0.100. The van der Waals surface area contributed by atoms with Crippen molar-refractivity contribution in [3.8, 4) is 11.4 Å². The van der Waals surface area contributed by atoms with Gasteiger partial charge >= 0.3 is 0 Å². The number of H-pyrrole nitrogens is 1. The van der Waals surface area contributed by atoms with Gasteiger partial charge in [-0.2, -0.15) is 0 Å². The Morgan fingerprint density at radius 1 is 1.08 bits per heavy atom. The summed E-state index contributed by atoms with van der Waals surface area (Å²) >= 11 is 0. The highest BCUT2D eigenvalue weighted by molar-refractivity contribution is 6.08. The van der Waals surface area contributed by atoms with Gasteiger partial charge < -0.3 is 9.55 Å². The topological polar surface area (TPSA) is 50.7 Å². The minimum absolute atomic E-state index is 0.0612. The first kappa shape index (κ1) is 12.3. The molecule has 0 unspecified atom stereocenters. The van der Waals surface area contributed by atoms with Gasteiger partial charge in [0.1, 0.15) is 0 Å². The van der Waals surface area contributed by atoms with Crippen LogP contribution in [0.15, 0.2) is 41.5 Å². The lowest BCUT2D eigenvalue weighted by atomic mass is 9.96. The second kappa shape index (κ2) is 4.03. The smallest absolute Gasteiger partial charge is 0.260 e. The molecule has 4 aromatic rings. The normalized spacial score (nSPS) is 14.3. The number of hydrogen-bond acceptors (Lipinski definition) is 2. The van der Waals surface area contributed by atoms with Gasteiger partial charge in [0.2, 0.25) is 0 Å². The molecule has 0 radical (unpaired) electrons. The van der Waals surface area contributed by atoms with Gasteiger partial charge in [0, 0.05) is 46.4 Å². The Labute approximate surface area is 137 Å². The molecular weight excluding hydrogens is 298 g/mol. The largest absolute Gasteiger partial charge is 0.353 e. The zero-order chi connectivity index (χ0) is 15.8. The fourth-order valence-electron chi connectivity index (χ4n) is 4.28. The highest BCUT2D eigenvalue weighted by atomic mass is 16.1. The number of aromatic amines is 1. The highest BCUT2D eigenvalue weighted by Gasteiger charge is 2.27. The Morgan fingerprint density at radius 3 is 2.96 bits per heavy atom. The first-order chi connectivity index (χ1) is 11.8. The van der Waals surface area contributed by atoms with Crippen molar-refractivity contribution in [2.24, 2.45) is 0 Å². The molecule has 1 N–H and O–H groups in total. The summed E-state index contributed by atoms with van der Waals surface area (Å²) in [7, 11) is 0. The van der Waals surface area contributed by atoms with E-state index in [0.717, 1.165) is 45.2 Å². The van der Waals surface area contributed by atoms with E-state index < -0.39 is 0 Å². The van der Waals surface area contributed by atoms with E-state index in [0.29, 0.717) is 6.54 Å². The molecule has 0 amide bonds. The Balaban J connectivity index is 1.85. The summed E-state index contributed by atoms with van der Waals surface area (Å²) in [6, 6.07) is 8.37. The minimum atomic E-state index is 0.0612. The molecule has 0 fully saturated rings. The number of fused-ring (bicyclic) bond motifs is 6. The number of aryl methyl sites for hydroxylation is 1. The van der Waals surface area contributed by atoms with Crippen LogP contribution in [0.2, 0.25) is 0 Å². The number of benzene rings is 1. The monoisotopic (exact) mass is 311 g/mol. The summed E-state index contributed by atoms with van der Waals surface area (Å²) in [5.41, 5.74) is 6.79. The second-order valence-electron chi connectivity index (χ2n) is 6.48. The summed E-state index contributed by atoms with van der Waals surface area (Å²) in [6.07, 6.45) is 8.58. The van der Waals surface area contributed by atoms with E-state index in [1.54, 1.807) is 6.20 Å². The predicted molar refractivity (Wildman–Crippen MR) is 95.9 cm³/mol. The quantitative estimate of drug-likeness (QED) is 0.475. The number of para-hydroxylation sites is 1. The van der Waals surface area contributed by atoms with Crippen LogP contribution < -0.4 is 5.56 Å². The van der Waals surface area contributed by atoms with Crippen molar-refractivity contribution in [2.45, 2.75) is 13.0 Å². The zero-order valence-corrected chi connectivity index (χ0v) is 12.8. The Morgan fingerprint density at radius 2 is 2.00 bits per heavy atom. The molecule has 0 spiro atoms. The molecule has 6 rings (SSSR count). The number of nitrogens with zero attached hydrogens (tertiary/aromatic N) is 2. The third-order valence-electron chi connectivity index (χ3n) is 5.31. The van der Waals surface area contributed by atoms with E-state index in [-0.39, 0.29) is 5.56 Å². The van der Waals surface area contributed by atoms with E-state index in [9.17, 15) is 4.79 Å². The molecule has 114 valence electrons. The van der Waals surface area contributed by atoms with Crippen LogP contribution in [-0.4, -0.2) is 14.5 Å². The molecule has 1 aliphatic heterocycles. The molecule has 4 nitrogen and oxygen atoms in total. The molecule has 4 heterocycles. The van der Waals surface area contributed by atoms with E-state index in [1.807, 2.05) is 16.8 Å². The SMILES string of the molecule is O=c1c2cncc3c2c(c2n1CCc1c-2[nH]c2ccccc12)C=C3. The summed E-state index contributed by atoms with van der Waals surface area (Å²) in [6.45, 7) is 0.712. The molecule has 2 aliphatic rings.